The highest BCUT2D eigenvalue weighted by Gasteiger charge is 2.24. The molecule has 6 aromatic rings. The van der Waals surface area contributed by atoms with E-state index in [0.717, 1.165) is 57.9 Å². The Morgan fingerprint density at radius 1 is 0.460 bits per heavy atom. The molecule has 0 aliphatic heterocycles. The van der Waals surface area contributed by atoms with E-state index < -0.39 is 0 Å². The third-order valence-corrected chi connectivity index (χ3v) is 14.5. The van der Waals surface area contributed by atoms with Crippen molar-refractivity contribution < 1.29 is 28.4 Å². The highest BCUT2D eigenvalue weighted by atomic mass is 32.1. The van der Waals surface area contributed by atoms with E-state index in [1.54, 1.807) is 14.2 Å². The number of benzene rings is 2. The standard InChI is InChI=1S/C52H68N2O6S3/c1-5-7-9-11-13-15-17-39-35-45(61-37-39)51-49-50(52(63-51)46-36-40(38-62-46)18-16-14-12-10-8-6-2)54-48(42-21-25-44(26-22-42)60-34-32-58-30-28-56-4)47(53-49)41-19-23-43(24-20-41)59-33-31-57-29-27-55-3/h19-26,35-38H,5-18,27-34H2,1-4H3. The smallest absolute Gasteiger partial charge is 0.119 e. The zero-order chi connectivity index (χ0) is 43.9. The Morgan fingerprint density at radius 2 is 0.857 bits per heavy atom. The predicted octanol–water partition coefficient (Wildman–Crippen LogP) is 14.4. The van der Waals surface area contributed by atoms with Gasteiger partial charge in [-0.15, -0.1) is 34.0 Å². The first kappa shape index (κ1) is 48.8. The summed E-state index contributed by atoms with van der Waals surface area (Å²) in [7, 11) is 3.35. The molecule has 0 atom stereocenters. The summed E-state index contributed by atoms with van der Waals surface area (Å²) < 4.78 is 33.5. The third-order valence-electron chi connectivity index (χ3n) is 11.0. The number of rotatable bonds is 32. The van der Waals surface area contributed by atoms with Gasteiger partial charge in [-0.2, -0.15) is 0 Å². The van der Waals surface area contributed by atoms with Crippen molar-refractivity contribution in [3.05, 3.63) is 82.6 Å². The van der Waals surface area contributed by atoms with Crippen molar-refractivity contribution in [2.75, 3.05) is 67.1 Å². The largest absolute Gasteiger partial charge is 0.491 e. The van der Waals surface area contributed by atoms with Crippen LogP contribution < -0.4 is 9.47 Å². The van der Waals surface area contributed by atoms with Crippen LogP contribution >= 0.6 is 34.0 Å². The van der Waals surface area contributed by atoms with Crippen molar-refractivity contribution >= 4 is 45.0 Å². The zero-order valence-corrected chi connectivity index (χ0v) is 40.5. The third kappa shape index (κ3) is 15.2. The lowest BCUT2D eigenvalue weighted by Crippen LogP contribution is -2.10. The van der Waals surface area contributed by atoms with E-state index >= 15 is 0 Å². The fourth-order valence-corrected chi connectivity index (χ4v) is 10.8. The van der Waals surface area contributed by atoms with E-state index in [9.17, 15) is 0 Å². The van der Waals surface area contributed by atoms with Crippen LogP contribution in [0.5, 0.6) is 11.5 Å². The molecule has 4 aromatic heterocycles. The normalized spacial score (nSPS) is 11.6. The minimum absolute atomic E-state index is 0.458. The van der Waals surface area contributed by atoms with Gasteiger partial charge in [0.2, 0.25) is 0 Å². The molecule has 0 radical (unpaired) electrons. The number of thiophene rings is 3. The molecule has 4 heterocycles. The van der Waals surface area contributed by atoms with Crippen LogP contribution in [0.2, 0.25) is 0 Å². The minimum Gasteiger partial charge on any atom is -0.491 e. The van der Waals surface area contributed by atoms with Gasteiger partial charge in [-0.1, -0.05) is 78.1 Å². The number of aromatic nitrogens is 2. The number of unbranched alkanes of at least 4 members (excludes halogenated alkanes) is 10. The summed E-state index contributed by atoms with van der Waals surface area (Å²) in [6.07, 6.45) is 17.8. The summed E-state index contributed by atoms with van der Waals surface area (Å²) in [5, 5.41) is 4.71. The fraction of sp³-hybridized carbons (Fsp3) is 0.500. The monoisotopic (exact) mass is 912 g/mol. The molecule has 11 heteroatoms. The molecule has 0 unspecified atom stereocenters. The number of fused-ring (bicyclic) bond motifs is 1. The second-order valence-corrected chi connectivity index (χ2v) is 18.9. The first-order chi connectivity index (χ1) is 31.1. The van der Waals surface area contributed by atoms with Gasteiger partial charge < -0.3 is 28.4 Å². The van der Waals surface area contributed by atoms with E-state index in [2.05, 4.69) is 61.0 Å². The van der Waals surface area contributed by atoms with Crippen LogP contribution in [0.1, 0.15) is 102 Å². The molecular formula is C52H68N2O6S3. The highest BCUT2D eigenvalue weighted by Crippen LogP contribution is 2.48. The first-order valence-electron chi connectivity index (χ1n) is 23.2. The van der Waals surface area contributed by atoms with Gasteiger partial charge in [-0.05, 0) is 108 Å². The molecule has 0 aliphatic carbocycles. The van der Waals surface area contributed by atoms with Crippen LogP contribution in [0.3, 0.4) is 0 Å². The second kappa shape index (κ2) is 27.6. The Hall–Kier alpha value is -3.68. The molecule has 63 heavy (non-hydrogen) atoms. The van der Waals surface area contributed by atoms with Gasteiger partial charge in [-0.25, -0.2) is 9.97 Å². The maximum absolute atomic E-state index is 6.04. The van der Waals surface area contributed by atoms with Crippen molar-refractivity contribution in [3.63, 3.8) is 0 Å². The molecule has 6 rings (SSSR count). The van der Waals surface area contributed by atoms with Gasteiger partial charge in [0, 0.05) is 35.1 Å². The SMILES string of the molecule is CCCCCCCCc1csc(-c2sc(-c3cc(CCCCCCCC)cs3)c3nc(-c4ccc(OCCOCCOC)cc4)c(-c4ccc(OCCOCCOC)cc4)nc23)c1. The average Bonchev–Trinajstić information content (AvgIpc) is 4.07. The number of nitrogens with zero attached hydrogens (tertiary/aromatic N) is 2. The van der Waals surface area contributed by atoms with Crippen molar-refractivity contribution in [2.45, 2.75) is 104 Å². The van der Waals surface area contributed by atoms with Gasteiger partial charge in [0.05, 0.1) is 60.8 Å². The minimum atomic E-state index is 0.458. The predicted molar refractivity (Wildman–Crippen MR) is 265 cm³/mol. The molecule has 0 fully saturated rings. The van der Waals surface area contributed by atoms with Crippen molar-refractivity contribution in [1.82, 2.24) is 9.97 Å². The Balaban J connectivity index is 1.35. The van der Waals surface area contributed by atoms with Crippen LogP contribution in [0.15, 0.2) is 71.4 Å². The maximum Gasteiger partial charge on any atom is 0.119 e. The molecular weight excluding hydrogens is 845 g/mol. The summed E-state index contributed by atoms with van der Waals surface area (Å²) in [5.74, 6) is 1.56. The summed E-state index contributed by atoms with van der Waals surface area (Å²) in [4.78, 5) is 16.1. The highest BCUT2D eigenvalue weighted by molar-refractivity contribution is 7.27. The molecule has 0 bridgehead atoms. The maximum atomic E-state index is 6.04. The molecule has 8 nitrogen and oxygen atoms in total. The number of ether oxygens (including phenoxy) is 6. The van der Waals surface area contributed by atoms with Crippen LogP contribution in [0.25, 0.3) is 53.1 Å². The lowest BCUT2D eigenvalue weighted by Gasteiger charge is -2.12. The molecule has 2 aromatic carbocycles. The molecule has 0 saturated heterocycles. The van der Waals surface area contributed by atoms with E-state index in [-0.39, 0.29) is 0 Å². The summed E-state index contributed by atoms with van der Waals surface area (Å²) in [5.41, 5.74) is 8.36. The average molecular weight is 913 g/mol. The molecule has 0 aliphatic rings. The van der Waals surface area contributed by atoms with Crippen molar-refractivity contribution in [3.8, 4) is 53.5 Å². The van der Waals surface area contributed by atoms with Crippen molar-refractivity contribution in [2.24, 2.45) is 0 Å². The number of methoxy groups -OCH3 is 2. The quantitative estimate of drug-likeness (QED) is 0.0387. The van der Waals surface area contributed by atoms with E-state index in [0.29, 0.717) is 52.9 Å². The Morgan fingerprint density at radius 3 is 1.27 bits per heavy atom. The molecule has 0 saturated carbocycles. The van der Waals surface area contributed by atoms with Gasteiger partial charge in [-0.3, -0.25) is 0 Å². The second-order valence-electron chi connectivity index (χ2n) is 16.0. The molecule has 0 amide bonds. The van der Waals surface area contributed by atoms with Gasteiger partial charge in [0.15, 0.2) is 0 Å². The van der Waals surface area contributed by atoms with E-state index in [4.69, 9.17) is 38.4 Å². The summed E-state index contributed by atoms with van der Waals surface area (Å²) in [6, 6.07) is 21.2. The Kier molecular flexibility index (Phi) is 21.4. The van der Waals surface area contributed by atoms with E-state index in [1.165, 1.54) is 108 Å². The number of aryl methyl sites for hydroxylation is 2. The van der Waals surface area contributed by atoms with Gasteiger partial charge in [0.25, 0.3) is 0 Å². The van der Waals surface area contributed by atoms with E-state index in [1.807, 2.05) is 58.3 Å². The van der Waals surface area contributed by atoms with Crippen LogP contribution in [-0.2, 0) is 31.8 Å². The Bertz CT molecular complexity index is 2030. The molecule has 0 spiro atoms. The topological polar surface area (TPSA) is 81.2 Å². The van der Waals surface area contributed by atoms with Crippen LogP contribution in [-0.4, -0.2) is 77.0 Å². The van der Waals surface area contributed by atoms with Gasteiger partial charge in [0.1, 0.15) is 35.7 Å². The fourth-order valence-electron chi connectivity index (χ4n) is 7.50. The lowest BCUT2D eigenvalue weighted by atomic mass is 10.0. The lowest BCUT2D eigenvalue weighted by molar-refractivity contribution is 0.0544. The van der Waals surface area contributed by atoms with Crippen molar-refractivity contribution in [1.29, 1.82) is 0 Å². The number of hydrogen-bond donors (Lipinski definition) is 0. The van der Waals surface area contributed by atoms with Crippen LogP contribution in [0, 0.1) is 0 Å². The number of hydrogen-bond acceptors (Lipinski definition) is 11. The molecule has 0 N–H and O–H groups in total. The zero-order valence-electron chi connectivity index (χ0n) is 38.1. The summed E-state index contributed by atoms with van der Waals surface area (Å²) in [6.45, 7) is 8.69. The molecule has 340 valence electrons. The van der Waals surface area contributed by atoms with Gasteiger partial charge >= 0.3 is 0 Å². The summed E-state index contributed by atoms with van der Waals surface area (Å²) >= 11 is 5.51. The Labute approximate surface area is 388 Å². The van der Waals surface area contributed by atoms with Crippen LogP contribution in [0.4, 0.5) is 0 Å². The first-order valence-corrected chi connectivity index (χ1v) is 25.8.